The molecule has 1 aliphatic rings. The zero-order valence-corrected chi connectivity index (χ0v) is 12.5. The molecule has 22 heavy (non-hydrogen) atoms. The number of amides is 1. The first-order valence-corrected chi connectivity index (χ1v) is 7.45. The molecule has 5 nitrogen and oxygen atoms in total. The normalized spacial score (nSPS) is 19.5. The van der Waals surface area contributed by atoms with Crippen molar-refractivity contribution in [3.8, 4) is 5.75 Å². The minimum Gasteiger partial charge on any atom is -0.481 e. The number of nitrogens with zero attached hydrogens (tertiary/aromatic N) is 1. The molecule has 1 N–H and O–H groups in total. The lowest BCUT2D eigenvalue weighted by molar-refractivity contribution is -0.148. The quantitative estimate of drug-likeness (QED) is 0.906. The van der Waals surface area contributed by atoms with E-state index in [1.165, 1.54) is 17.0 Å². The van der Waals surface area contributed by atoms with Crippen molar-refractivity contribution in [2.75, 3.05) is 13.1 Å². The second kappa shape index (κ2) is 7.24. The van der Waals surface area contributed by atoms with Gasteiger partial charge in [-0.2, -0.15) is 0 Å². The van der Waals surface area contributed by atoms with Crippen LogP contribution in [-0.2, 0) is 9.59 Å². The average molecular weight is 309 g/mol. The van der Waals surface area contributed by atoms with Crippen molar-refractivity contribution < 1.29 is 23.8 Å². The molecule has 0 aromatic heterocycles. The number of para-hydroxylation sites is 1. The maximum atomic E-state index is 13.6. The van der Waals surface area contributed by atoms with E-state index in [2.05, 4.69) is 0 Å². The average Bonchev–Trinajstić information content (AvgIpc) is 2.53. The number of aliphatic carboxylic acids is 1. The molecule has 0 radical (unpaired) electrons. The highest BCUT2D eigenvalue weighted by Gasteiger charge is 2.32. The summed E-state index contributed by atoms with van der Waals surface area (Å²) in [5.74, 6) is -2.19. The van der Waals surface area contributed by atoms with Gasteiger partial charge < -0.3 is 14.7 Å². The van der Waals surface area contributed by atoms with Crippen LogP contribution in [0.5, 0.6) is 5.75 Å². The van der Waals surface area contributed by atoms with Crippen LogP contribution in [0.15, 0.2) is 24.3 Å². The predicted octanol–water partition coefficient (Wildman–Crippen LogP) is 2.31. The van der Waals surface area contributed by atoms with Gasteiger partial charge in [0.2, 0.25) is 0 Å². The van der Waals surface area contributed by atoms with Crippen LogP contribution in [0.3, 0.4) is 0 Å². The van der Waals surface area contributed by atoms with Gasteiger partial charge in [0.15, 0.2) is 17.7 Å². The Labute approximate surface area is 128 Å². The van der Waals surface area contributed by atoms with E-state index in [-0.39, 0.29) is 18.2 Å². The Morgan fingerprint density at radius 2 is 2.18 bits per heavy atom. The third kappa shape index (κ3) is 3.75. The number of carbonyl (C=O) groups excluding carboxylic acids is 1. The SMILES string of the molecule is CC[C@H](Oc1ccccc1F)C(=O)N1CCC[C@H](C(=O)O)C1. The van der Waals surface area contributed by atoms with Crippen LogP contribution >= 0.6 is 0 Å². The molecule has 1 aromatic rings. The fourth-order valence-electron chi connectivity index (χ4n) is 2.58. The molecule has 0 bridgehead atoms. The van der Waals surface area contributed by atoms with Gasteiger partial charge in [-0.25, -0.2) is 4.39 Å². The number of carbonyl (C=O) groups is 2. The molecule has 1 aliphatic heterocycles. The highest BCUT2D eigenvalue weighted by atomic mass is 19.1. The molecule has 0 aliphatic carbocycles. The number of piperidine rings is 1. The minimum absolute atomic E-state index is 0.0366. The lowest BCUT2D eigenvalue weighted by Crippen LogP contribution is -2.48. The van der Waals surface area contributed by atoms with E-state index < -0.39 is 23.8 Å². The summed E-state index contributed by atoms with van der Waals surface area (Å²) in [6.45, 7) is 2.48. The van der Waals surface area contributed by atoms with Crippen molar-refractivity contribution in [2.45, 2.75) is 32.3 Å². The fourth-order valence-corrected chi connectivity index (χ4v) is 2.58. The molecule has 120 valence electrons. The van der Waals surface area contributed by atoms with Crippen LogP contribution in [0, 0.1) is 11.7 Å². The first kappa shape index (κ1) is 16.3. The molecule has 0 saturated carbocycles. The maximum absolute atomic E-state index is 13.6. The monoisotopic (exact) mass is 309 g/mol. The van der Waals surface area contributed by atoms with Gasteiger partial charge >= 0.3 is 5.97 Å². The number of hydrogen-bond donors (Lipinski definition) is 1. The topological polar surface area (TPSA) is 66.8 Å². The van der Waals surface area contributed by atoms with Crippen LogP contribution < -0.4 is 4.74 Å². The van der Waals surface area contributed by atoms with E-state index in [0.29, 0.717) is 25.8 Å². The summed E-state index contributed by atoms with van der Waals surface area (Å²) < 4.78 is 19.1. The number of carboxylic acid groups (broad SMARTS) is 1. The van der Waals surface area contributed by atoms with Crippen LogP contribution in [0.1, 0.15) is 26.2 Å². The summed E-state index contributed by atoms with van der Waals surface area (Å²) in [4.78, 5) is 25.1. The molecule has 1 amide bonds. The van der Waals surface area contributed by atoms with E-state index in [1.807, 2.05) is 0 Å². The maximum Gasteiger partial charge on any atom is 0.308 e. The molecular weight excluding hydrogens is 289 g/mol. The Morgan fingerprint density at radius 3 is 2.82 bits per heavy atom. The van der Waals surface area contributed by atoms with Crippen molar-refractivity contribution in [3.63, 3.8) is 0 Å². The molecule has 2 rings (SSSR count). The zero-order chi connectivity index (χ0) is 16.1. The van der Waals surface area contributed by atoms with Gasteiger partial charge in [0.25, 0.3) is 5.91 Å². The van der Waals surface area contributed by atoms with Crippen LogP contribution in [0.4, 0.5) is 4.39 Å². The van der Waals surface area contributed by atoms with Crippen molar-refractivity contribution >= 4 is 11.9 Å². The molecule has 1 saturated heterocycles. The Kier molecular flexibility index (Phi) is 5.35. The second-order valence-corrected chi connectivity index (χ2v) is 5.41. The Balaban J connectivity index is 2.05. The van der Waals surface area contributed by atoms with E-state index in [0.717, 1.165) is 0 Å². The number of halogens is 1. The summed E-state index contributed by atoms with van der Waals surface area (Å²) in [7, 11) is 0. The van der Waals surface area contributed by atoms with Gasteiger partial charge in [0.05, 0.1) is 5.92 Å². The molecule has 0 unspecified atom stereocenters. The number of carboxylic acids is 1. The van der Waals surface area contributed by atoms with Crippen LogP contribution in [0.25, 0.3) is 0 Å². The molecule has 2 atom stereocenters. The Bertz CT molecular complexity index is 549. The van der Waals surface area contributed by atoms with Gasteiger partial charge in [-0.1, -0.05) is 19.1 Å². The molecular formula is C16H20FNO4. The van der Waals surface area contributed by atoms with E-state index >= 15 is 0 Å². The van der Waals surface area contributed by atoms with Gasteiger partial charge in [0, 0.05) is 13.1 Å². The Morgan fingerprint density at radius 1 is 1.45 bits per heavy atom. The molecule has 1 heterocycles. The van der Waals surface area contributed by atoms with Crippen molar-refractivity contribution in [2.24, 2.45) is 5.92 Å². The second-order valence-electron chi connectivity index (χ2n) is 5.41. The standard InChI is InChI=1S/C16H20FNO4/c1-2-13(22-14-8-4-3-7-12(14)17)15(19)18-9-5-6-11(10-18)16(20)21/h3-4,7-8,11,13H,2,5-6,9-10H2,1H3,(H,20,21)/t11-,13-/m0/s1. The van der Waals surface area contributed by atoms with Crippen molar-refractivity contribution in [1.82, 2.24) is 4.90 Å². The molecule has 0 spiro atoms. The van der Waals surface area contributed by atoms with E-state index in [9.17, 15) is 14.0 Å². The number of benzene rings is 1. The van der Waals surface area contributed by atoms with Gasteiger partial charge in [0.1, 0.15) is 0 Å². The highest BCUT2D eigenvalue weighted by molar-refractivity contribution is 5.82. The first-order valence-electron chi connectivity index (χ1n) is 7.45. The fraction of sp³-hybridized carbons (Fsp3) is 0.500. The van der Waals surface area contributed by atoms with Gasteiger partial charge in [-0.15, -0.1) is 0 Å². The lowest BCUT2D eigenvalue weighted by Gasteiger charge is -2.33. The lowest BCUT2D eigenvalue weighted by atomic mass is 9.97. The third-order valence-corrected chi connectivity index (χ3v) is 3.83. The predicted molar refractivity (Wildman–Crippen MR) is 78.0 cm³/mol. The summed E-state index contributed by atoms with van der Waals surface area (Å²) in [5, 5.41) is 9.09. The number of ether oxygens (including phenoxy) is 1. The number of likely N-dealkylation sites (tertiary alicyclic amines) is 1. The van der Waals surface area contributed by atoms with Crippen LogP contribution in [0.2, 0.25) is 0 Å². The summed E-state index contributed by atoms with van der Waals surface area (Å²) in [6.07, 6.45) is 0.814. The van der Waals surface area contributed by atoms with Gasteiger partial charge in [-0.05, 0) is 31.4 Å². The smallest absolute Gasteiger partial charge is 0.308 e. The number of hydrogen-bond acceptors (Lipinski definition) is 3. The van der Waals surface area contributed by atoms with Crippen molar-refractivity contribution in [1.29, 1.82) is 0 Å². The van der Waals surface area contributed by atoms with E-state index in [4.69, 9.17) is 9.84 Å². The summed E-state index contributed by atoms with van der Waals surface area (Å²) in [5.41, 5.74) is 0. The summed E-state index contributed by atoms with van der Waals surface area (Å²) in [6, 6.07) is 5.93. The molecule has 6 heteroatoms. The third-order valence-electron chi connectivity index (χ3n) is 3.83. The van der Waals surface area contributed by atoms with Crippen LogP contribution in [-0.4, -0.2) is 41.1 Å². The highest BCUT2D eigenvalue weighted by Crippen LogP contribution is 2.22. The zero-order valence-electron chi connectivity index (χ0n) is 12.5. The minimum atomic E-state index is -0.888. The number of rotatable bonds is 5. The molecule has 1 fully saturated rings. The summed E-state index contributed by atoms with van der Waals surface area (Å²) >= 11 is 0. The largest absolute Gasteiger partial charge is 0.481 e. The van der Waals surface area contributed by atoms with Gasteiger partial charge in [-0.3, -0.25) is 9.59 Å². The van der Waals surface area contributed by atoms with Crippen molar-refractivity contribution in [3.05, 3.63) is 30.1 Å². The first-order chi connectivity index (χ1) is 10.5. The molecule has 1 aromatic carbocycles. The Hall–Kier alpha value is -2.11. The van der Waals surface area contributed by atoms with E-state index in [1.54, 1.807) is 19.1 Å².